The van der Waals surface area contributed by atoms with E-state index < -0.39 is 18.5 Å². The number of hydrogen-bond donors (Lipinski definition) is 1. The maximum Gasteiger partial charge on any atom is 0.326 e. The summed E-state index contributed by atoms with van der Waals surface area (Å²) in [5.74, 6) is -0.551. The van der Waals surface area contributed by atoms with Gasteiger partial charge in [0.2, 0.25) is 5.91 Å². The molecule has 0 bridgehead atoms. The monoisotopic (exact) mass is 348 g/mol. The molecule has 0 radical (unpaired) electrons. The van der Waals surface area contributed by atoms with Gasteiger partial charge in [0.05, 0.1) is 12.8 Å². The Bertz CT molecular complexity index is 644. The van der Waals surface area contributed by atoms with Crippen LogP contribution in [0, 0.1) is 6.92 Å². The molecule has 0 spiro atoms. The van der Waals surface area contributed by atoms with Gasteiger partial charge in [-0.05, 0) is 37.5 Å². The fourth-order valence-corrected chi connectivity index (χ4v) is 2.66. The number of ether oxygens (including phenoxy) is 2. The molecule has 1 aliphatic heterocycles. The lowest BCUT2D eigenvalue weighted by molar-refractivity contribution is -0.151. The molecule has 0 saturated carbocycles. The van der Waals surface area contributed by atoms with Gasteiger partial charge in [-0.2, -0.15) is 0 Å². The summed E-state index contributed by atoms with van der Waals surface area (Å²) in [6.07, 6.45) is 3.18. The lowest BCUT2D eigenvalue weighted by atomic mass is 10.2. The molecular weight excluding hydrogens is 324 g/mol. The first-order valence-electron chi connectivity index (χ1n) is 8.37. The van der Waals surface area contributed by atoms with Crippen molar-refractivity contribution in [3.05, 3.63) is 23.8 Å². The van der Waals surface area contributed by atoms with Gasteiger partial charge in [-0.25, -0.2) is 0 Å². The molecule has 2 rings (SSSR count). The smallest absolute Gasteiger partial charge is 0.326 e. The summed E-state index contributed by atoms with van der Waals surface area (Å²) in [7, 11) is 1.51. The van der Waals surface area contributed by atoms with E-state index in [9.17, 15) is 14.4 Å². The number of carbonyl (C=O) groups excluding carboxylic acids is 3. The van der Waals surface area contributed by atoms with Gasteiger partial charge >= 0.3 is 5.97 Å². The van der Waals surface area contributed by atoms with Crippen molar-refractivity contribution in [2.45, 2.75) is 32.6 Å². The number of rotatable bonds is 6. The fraction of sp³-hybridized carbons (Fsp3) is 0.500. The van der Waals surface area contributed by atoms with E-state index in [1.807, 2.05) is 13.0 Å². The Morgan fingerprint density at radius 3 is 2.80 bits per heavy atom. The molecule has 136 valence electrons. The summed E-state index contributed by atoms with van der Waals surface area (Å²) in [5.41, 5.74) is 1.49. The minimum Gasteiger partial charge on any atom is -0.495 e. The van der Waals surface area contributed by atoms with E-state index in [-0.39, 0.29) is 12.5 Å². The van der Waals surface area contributed by atoms with Crippen molar-refractivity contribution in [3.63, 3.8) is 0 Å². The number of carbonyl (C=O) groups is 3. The highest BCUT2D eigenvalue weighted by atomic mass is 16.5. The first kappa shape index (κ1) is 18.8. The number of nitrogens with zero attached hydrogens (tertiary/aromatic N) is 1. The second kappa shape index (κ2) is 9.05. The van der Waals surface area contributed by atoms with Gasteiger partial charge < -0.3 is 19.7 Å². The summed E-state index contributed by atoms with van der Waals surface area (Å²) < 4.78 is 10.2. The van der Waals surface area contributed by atoms with Crippen LogP contribution in [0.2, 0.25) is 0 Å². The van der Waals surface area contributed by atoms with Crippen LogP contribution >= 0.6 is 0 Å². The third-order valence-corrected chi connectivity index (χ3v) is 3.98. The second-order valence-electron chi connectivity index (χ2n) is 6.04. The molecule has 2 amide bonds. The van der Waals surface area contributed by atoms with Crippen LogP contribution in [0.4, 0.5) is 5.69 Å². The van der Waals surface area contributed by atoms with Gasteiger partial charge in [0.1, 0.15) is 12.3 Å². The minimum atomic E-state index is -0.582. The molecule has 1 saturated heterocycles. The topological polar surface area (TPSA) is 84.9 Å². The van der Waals surface area contributed by atoms with Crippen LogP contribution in [0.5, 0.6) is 5.75 Å². The van der Waals surface area contributed by atoms with E-state index >= 15 is 0 Å². The summed E-state index contributed by atoms with van der Waals surface area (Å²) >= 11 is 0. The number of likely N-dealkylation sites (tertiary alicyclic amines) is 1. The van der Waals surface area contributed by atoms with E-state index in [1.54, 1.807) is 12.1 Å². The average Bonchev–Trinajstić information content (AvgIpc) is 2.78. The molecule has 0 aromatic heterocycles. The number of nitrogens with one attached hydrogen (secondary N) is 1. The predicted octanol–water partition coefficient (Wildman–Crippen LogP) is 1.89. The molecular formula is C18H24N2O5. The standard InChI is InChI=1S/C18H24N2O5/c1-13-7-8-15(24-2)14(10-13)19-16(21)12-25-18(23)11-20-9-5-3-4-6-17(20)22/h7-8,10H,3-6,9,11-12H2,1-2H3,(H,19,21). The molecule has 0 unspecified atom stereocenters. The highest BCUT2D eigenvalue weighted by molar-refractivity contribution is 5.94. The zero-order valence-electron chi connectivity index (χ0n) is 14.7. The van der Waals surface area contributed by atoms with Crippen LogP contribution < -0.4 is 10.1 Å². The van der Waals surface area contributed by atoms with Crippen LogP contribution in [0.1, 0.15) is 31.2 Å². The van der Waals surface area contributed by atoms with Crippen molar-refractivity contribution in [3.8, 4) is 5.75 Å². The first-order valence-corrected chi connectivity index (χ1v) is 8.37. The number of amides is 2. The van der Waals surface area contributed by atoms with Crippen LogP contribution in [0.3, 0.4) is 0 Å². The van der Waals surface area contributed by atoms with Gasteiger partial charge in [0, 0.05) is 13.0 Å². The number of aryl methyl sites for hydroxylation is 1. The minimum absolute atomic E-state index is 0.0385. The van der Waals surface area contributed by atoms with Crippen molar-refractivity contribution >= 4 is 23.5 Å². The summed E-state index contributed by atoms with van der Waals surface area (Å²) in [6, 6.07) is 5.39. The number of anilines is 1. The highest BCUT2D eigenvalue weighted by Gasteiger charge is 2.20. The lowest BCUT2D eigenvalue weighted by Crippen LogP contribution is -2.36. The third-order valence-electron chi connectivity index (χ3n) is 3.98. The summed E-state index contributed by atoms with van der Waals surface area (Å²) in [5, 5.41) is 2.66. The highest BCUT2D eigenvalue weighted by Crippen LogP contribution is 2.25. The third kappa shape index (κ3) is 5.77. The molecule has 0 atom stereocenters. The van der Waals surface area contributed by atoms with Crippen LogP contribution in [0.25, 0.3) is 0 Å². The zero-order valence-corrected chi connectivity index (χ0v) is 14.7. The maximum atomic E-state index is 12.0. The molecule has 1 aromatic rings. The normalized spacial score (nSPS) is 14.6. The van der Waals surface area contributed by atoms with E-state index in [2.05, 4.69) is 5.32 Å². The van der Waals surface area contributed by atoms with Crippen molar-refractivity contribution in [2.24, 2.45) is 0 Å². The average molecular weight is 348 g/mol. The number of methoxy groups -OCH3 is 1. The zero-order chi connectivity index (χ0) is 18.2. The maximum absolute atomic E-state index is 12.0. The lowest BCUT2D eigenvalue weighted by Gasteiger charge is -2.19. The second-order valence-corrected chi connectivity index (χ2v) is 6.04. The van der Waals surface area contributed by atoms with Crippen molar-refractivity contribution < 1.29 is 23.9 Å². The predicted molar refractivity (Wildman–Crippen MR) is 92.4 cm³/mol. The molecule has 1 aromatic carbocycles. The molecule has 1 fully saturated rings. The summed E-state index contributed by atoms with van der Waals surface area (Å²) in [4.78, 5) is 37.2. The van der Waals surface area contributed by atoms with Crippen LogP contribution in [0.15, 0.2) is 18.2 Å². The molecule has 7 nitrogen and oxygen atoms in total. The number of esters is 1. The number of benzene rings is 1. The van der Waals surface area contributed by atoms with Gasteiger partial charge in [-0.15, -0.1) is 0 Å². The fourth-order valence-electron chi connectivity index (χ4n) is 2.66. The molecule has 25 heavy (non-hydrogen) atoms. The Labute approximate surface area is 147 Å². The van der Waals surface area contributed by atoms with E-state index in [4.69, 9.17) is 9.47 Å². The molecule has 1 N–H and O–H groups in total. The van der Waals surface area contributed by atoms with Gasteiger partial charge in [0.15, 0.2) is 6.61 Å². The van der Waals surface area contributed by atoms with Crippen molar-refractivity contribution in [1.29, 1.82) is 0 Å². The largest absolute Gasteiger partial charge is 0.495 e. The van der Waals surface area contributed by atoms with E-state index in [1.165, 1.54) is 12.0 Å². The molecule has 0 aliphatic carbocycles. The van der Waals surface area contributed by atoms with Crippen LogP contribution in [-0.2, 0) is 19.1 Å². The van der Waals surface area contributed by atoms with Gasteiger partial charge in [-0.1, -0.05) is 12.5 Å². The van der Waals surface area contributed by atoms with E-state index in [0.29, 0.717) is 24.4 Å². The van der Waals surface area contributed by atoms with Gasteiger partial charge in [-0.3, -0.25) is 14.4 Å². The molecule has 7 heteroatoms. The Morgan fingerprint density at radius 1 is 1.24 bits per heavy atom. The first-order chi connectivity index (χ1) is 12.0. The Morgan fingerprint density at radius 2 is 2.04 bits per heavy atom. The van der Waals surface area contributed by atoms with Gasteiger partial charge in [0.25, 0.3) is 5.91 Å². The Kier molecular flexibility index (Phi) is 6.80. The van der Waals surface area contributed by atoms with Crippen molar-refractivity contribution in [2.75, 3.05) is 32.1 Å². The molecule has 1 aliphatic rings. The quantitative estimate of drug-likeness (QED) is 0.794. The summed E-state index contributed by atoms with van der Waals surface area (Å²) in [6.45, 7) is 1.94. The van der Waals surface area contributed by atoms with Crippen LogP contribution in [-0.4, -0.2) is 49.5 Å². The SMILES string of the molecule is COc1ccc(C)cc1NC(=O)COC(=O)CN1CCCCCC1=O. The molecule has 1 heterocycles. The van der Waals surface area contributed by atoms with Crippen molar-refractivity contribution in [1.82, 2.24) is 4.90 Å². The Hall–Kier alpha value is -2.57. The Balaban J connectivity index is 1.82. The number of hydrogen-bond acceptors (Lipinski definition) is 5. The van der Waals surface area contributed by atoms with E-state index in [0.717, 1.165) is 24.8 Å².